The number of rotatable bonds is 5. The molecule has 2 aromatic heterocycles. The molecule has 0 bridgehead atoms. The fourth-order valence-electron chi connectivity index (χ4n) is 4.44. The van der Waals surface area contributed by atoms with E-state index in [0.29, 0.717) is 18.8 Å². The summed E-state index contributed by atoms with van der Waals surface area (Å²) in [7, 11) is 0. The Labute approximate surface area is 187 Å². The van der Waals surface area contributed by atoms with Crippen molar-refractivity contribution in [2.75, 3.05) is 13.1 Å². The predicted octanol–water partition coefficient (Wildman–Crippen LogP) is 4.73. The molecule has 0 radical (unpaired) electrons. The number of hydrogen-bond donors (Lipinski definition) is 0. The van der Waals surface area contributed by atoms with Gasteiger partial charge in [0.15, 0.2) is 11.9 Å². The number of imidazole rings is 1. The SMILES string of the molecule is C[C@@H](Oc1ccccc1)C(=O)N1CCC(n2c(-c3ccccn3)nc3ccccc32)CC1. The number of carbonyl (C=O) groups is 1. The molecular formula is C26H26N4O2. The number of piperidine rings is 1. The molecule has 3 heterocycles. The van der Waals surface area contributed by atoms with Crippen LogP contribution in [0.5, 0.6) is 5.75 Å². The van der Waals surface area contributed by atoms with Gasteiger partial charge in [-0.15, -0.1) is 0 Å². The molecule has 0 aliphatic carbocycles. The summed E-state index contributed by atoms with van der Waals surface area (Å²) < 4.78 is 8.16. The van der Waals surface area contributed by atoms with Gasteiger partial charge in [0.05, 0.1) is 11.0 Å². The van der Waals surface area contributed by atoms with Gasteiger partial charge in [-0.1, -0.05) is 36.4 Å². The van der Waals surface area contributed by atoms with Gasteiger partial charge < -0.3 is 14.2 Å². The number of hydrogen-bond acceptors (Lipinski definition) is 4. The van der Waals surface area contributed by atoms with Gasteiger partial charge in [0.1, 0.15) is 11.4 Å². The summed E-state index contributed by atoms with van der Waals surface area (Å²) in [4.78, 5) is 24.3. The van der Waals surface area contributed by atoms with Gasteiger partial charge in [-0.2, -0.15) is 0 Å². The van der Waals surface area contributed by atoms with Crippen LogP contribution >= 0.6 is 0 Å². The van der Waals surface area contributed by atoms with Crippen LogP contribution < -0.4 is 4.74 Å². The highest BCUT2D eigenvalue weighted by atomic mass is 16.5. The number of benzene rings is 2. The molecule has 1 amide bonds. The van der Waals surface area contributed by atoms with Crippen molar-refractivity contribution in [3.63, 3.8) is 0 Å². The van der Waals surface area contributed by atoms with Crippen LogP contribution in [0.15, 0.2) is 79.0 Å². The van der Waals surface area contributed by atoms with Crippen LogP contribution in [0.4, 0.5) is 0 Å². The van der Waals surface area contributed by atoms with Crippen molar-refractivity contribution >= 4 is 16.9 Å². The molecule has 32 heavy (non-hydrogen) atoms. The Balaban J connectivity index is 1.34. The van der Waals surface area contributed by atoms with Crippen LogP contribution in [0.2, 0.25) is 0 Å². The van der Waals surface area contributed by atoms with Crippen molar-refractivity contribution in [1.29, 1.82) is 0 Å². The molecule has 0 spiro atoms. The number of ether oxygens (including phenoxy) is 1. The Kier molecular flexibility index (Phi) is 5.58. The lowest BCUT2D eigenvalue weighted by Crippen LogP contribution is -2.45. The minimum absolute atomic E-state index is 0.0349. The number of nitrogens with zero attached hydrogens (tertiary/aromatic N) is 4. The maximum atomic E-state index is 13.0. The van der Waals surface area contributed by atoms with Gasteiger partial charge >= 0.3 is 0 Å². The lowest BCUT2D eigenvalue weighted by molar-refractivity contribution is -0.139. The lowest BCUT2D eigenvalue weighted by atomic mass is 10.0. The number of fused-ring (bicyclic) bond motifs is 1. The van der Waals surface area contributed by atoms with E-state index >= 15 is 0 Å². The number of pyridine rings is 1. The Bertz CT molecular complexity index is 1200. The number of aromatic nitrogens is 3. The summed E-state index contributed by atoms with van der Waals surface area (Å²) in [5.74, 6) is 1.64. The molecule has 1 aliphatic heterocycles. The van der Waals surface area contributed by atoms with Crippen molar-refractivity contribution in [3.05, 3.63) is 79.0 Å². The van der Waals surface area contributed by atoms with Gasteiger partial charge in [-0.25, -0.2) is 4.98 Å². The summed E-state index contributed by atoms with van der Waals surface area (Å²) in [6.07, 6.45) is 3.02. The summed E-state index contributed by atoms with van der Waals surface area (Å²) in [5.41, 5.74) is 2.95. The van der Waals surface area contributed by atoms with E-state index in [1.54, 1.807) is 6.20 Å². The fourth-order valence-corrected chi connectivity index (χ4v) is 4.44. The number of amides is 1. The molecule has 4 aromatic rings. The van der Waals surface area contributed by atoms with Gasteiger partial charge in [-0.05, 0) is 56.2 Å². The molecule has 1 atom stereocenters. The second kappa shape index (κ2) is 8.83. The molecule has 6 heteroatoms. The van der Waals surface area contributed by atoms with Crippen molar-refractivity contribution in [1.82, 2.24) is 19.4 Å². The fraction of sp³-hybridized carbons (Fsp3) is 0.269. The standard InChI is InChI=1S/C26H26N4O2/c1-19(32-21-9-3-2-4-10-21)26(31)29-17-14-20(15-18-29)30-24-13-6-5-11-22(24)28-25(30)23-12-7-8-16-27-23/h2-13,16,19-20H,14-15,17-18H2,1H3/t19-/m1/s1. The van der Waals surface area contributed by atoms with E-state index in [0.717, 1.165) is 35.4 Å². The van der Waals surface area contributed by atoms with Gasteiger partial charge in [0.2, 0.25) is 0 Å². The molecule has 6 nitrogen and oxygen atoms in total. The van der Waals surface area contributed by atoms with E-state index in [1.807, 2.05) is 78.6 Å². The molecule has 1 saturated heterocycles. The molecule has 0 saturated carbocycles. The van der Waals surface area contributed by atoms with Crippen LogP contribution in [0.1, 0.15) is 25.8 Å². The molecule has 1 aliphatic rings. The Hall–Kier alpha value is -3.67. The summed E-state index contributed by atoms with van der Waals surface area (Å²) in [6.45, 7) is 3.21. The van der Waals surface area contributed by atoms with Gasteiger partial charge in [0.25, 0.3) is 5.91 Å². The second-order valence-electron chi connectivity index (χ2n) is 8.14. The van der Waals surface area contributed by atoms with Gasteiger partial charge in [0, 0.05) is 25.3 Å². The molecule has 0 N–H and O–H groups in total. The summed E-state index contributed by atoms with van der Waals surface area (Å²) >= 11 is 0. The second-order valence-corrected chi connectivity index (χ2v) is 8.14. The van der Waals surface area contributed by atoms with Crippen molar-refractivity contribution in [2.24, 2.45) is 0 Å². The first-order chi connectivity index (χ1) is 15.7. The zero-order valence-electron chi connectivity index (χ0n) is 18.1. The first kappa shape index (κ1) is 20.2. The Morgan fingerprint density at radius 3 is 2.44 bits per heavy atom. The highest BCUT2D eigenvalue weighted by Crippen LogP contribution is 2.33. The maximum Gasteiger partial charge on any atom is 0.263 e. The molecular weight excluding hydrogens is 400 g/mol. The third-order valence-corrected chi connectivity index (χ3v) is 6.03. The molecule has 162 valence electrons. The van der Waals surface area contributed by atoms with Crippen LogP contribution in [-0.4, -0.2) is 44.5 Å². The average Bonchev–Trinajstić information content (AvgIpc) is 3.24. The Morgan fingerprint density at radius 2 is 1.69 bits per heavy atom. The topological polar surface area (TPSA) is 60.2 Å². The summed E-state index contributed by atoms with van der Waals surface area (Å²) in [6, 6.07) is 23.9. The van der Waals surface area contributed by atoms with Crippen molar-refractivity contribution in [3.8, 4) is 17.3 Å². The number of likely N-dealkylation sites (tertiary alicyclic amines) is 1. The quantitative estimate of drug-likeness (QED) is 0.463. The van der Waals surface area contributed by atoms with Crippen molar-refractivity contribution < 1.29 is 9.53 Å². The third kappa shape index (κ3) is 3.96. The molecule has 1 fully saturated rings. The van der Waals surface area contributed by atoms with Crippen LogP contribution in [-0.2, 0) is 4.79 Å². The van der Waals surface area contributed by atoms with E-state index in [4.69, 9.17) is 9.72 Å². The van der Waals surface area contributed by atoms with Crippen molar-refractivity contribution in [2.45, 2.75) is 31.9 Å². The highest BCUT2D eigenvalue weighted by Gasteiger charge is 2.30. The normalized spacial score (nSPS) is 15.6. The smallest absolute Gasteiger partial charge is 0.263 e. The van der Waals surface area contributed by atoms with Gasteiger partial charge in [-0.3, -0.25) is 9.78 Å². The third-order valence-electron chi connectivity index (χ3n) is 6.03. The zero-order valence-corrected chi connectivity index (χ0v) is 18.1. The highest BCUT2D eigenvalue weighted by molar-refractivity contribution is 5.81. The summed E-state index contributed by atoms with van der Waals surface area (Å²) in [5, 5.41) is 0. The monoisotopic (exact) mass is 426 g/mol. The van der Waals surface area contributed by atoms with Crippen LogP contribution in [0.25, 0.3) is 22.6 Å². The lowest BCUT2D eigenvalue weighted by Gasteiger charge is -2.34. The average molecular weight is 427 g/mol. The van der Waals surface area contributed by atoms with E-state index < -0.39 is 6.10 Å². The predicted molar refractivity (Wildman–Crippen MR) is 124 cm³/mol. The molecule has 5 rings (SSSR count). The minimum atomic E-state index is -0.507. The number of carbonyl (C=O) groups excluding carboxylic acids is 1. The van der Waals surface area contributed by atoms with E-state index in [9.17, 15) is 4.79 Å². The minimum Gasteiger partial charge on any atom is -0.481 e. The van der Waals surface area contributed by atoms with E-state index in [-0.39, 0.29) is 11.9 Å². The molecule has 0 unspecified atom stereocenters. The van der Waals surface area contributed by atoms with Crippen LogP contribution in [0.3, 0.4) is 0 Å². The van der Waals surface area contributed by atoms with Crippen LogP contribution in [0, 0.1) is 0 Å². The first-order valence-electron chi connectivity index (χ1n) is 11.1. The largest absolute Gasteiger partial charge is 0.481 e. The van der Waals surface area contributed by atoms with E-state index in [2.05, 4.69) is 15.6 Å². The Morgan fingerprint density at radius 1 is 0.969 bits per heavy atom. The maximum absolute atomic E-state index is 13.0. The molecule has 2 aromatic carbocycles. The number of para-hydroxylation sites is 3. The van der Waals surface area contributed by atoms with E-state index in [1.165, 1.54) is 0 Å². The first-order valence-corrected chi connectivity index (χ1v) is 11.1. The zero-order chi connectivity index (χ0) is 21.9.